The molecule has 1 aliphatic rings. The average Bonchev–Trinajstić information content (AvgIpc) is 3.03. The van der Waals surface area contributed by atoms with Gasteiger partial charge in [-0.1, -0.05) is 23.9 Å². The number of thioether (sulfide) groups is 1. The van der Waals surface area contributed by atoms with Gasteiger partial charge in [-0.25, -0.2) is 9.79 Å². The van der Waals surface area contributed by atoms with E-state index in [1.54, 1.807) is 42.5 Å². The minimum Gasteiger partial charge on any atom is -0.506 e. The van der Waals surface area contributed by atoms with Crippen LogP contribution in [-0.4, -0.2) is 35.3 Å². The molecule has 0 saturated carbocycles. The molecule has 0 fully saturated rings. The lowest BCUT2D eigenvalue weighted by Gasteiger charge is -2.05. The third-order valence-corrected chi connectivity index (χ3v) is 5.01. The minimum absolute atomic E-state index is 0.0420. The third kappa shape index (κ3) is 4.30. The van der Waals surface area contributed by atoms with Crippen molar-refractivity contribution in [1.29, 1.82) is 0 Å². The first-order valence-electron chi connectivity index (χ1n) is 8.32. The van der Waals surface area contributed by atoms with Crippen molar-refractivity contribution in [2.75, 3.05) is 14.2 Å². The number of aliphatic hydroxyl groups is 1. The highest BCUT2D eigenvalue weighted by Crippen LogP contribution is 2.41. The lowest BCUT2D eigenvalue weighted by molar-refractivity contribution is -0.384. The molecule has 9 heteroatoms. The fourth-order valence-corrected chi connectivity index (χ4v) is 3.59. The second kappa shape index (κ2) is 8.61. The van der Waals surface area contributed by atoms with Crippen LogP contribution in [0.5, 0.6) is 5.75 Å². The Bertz CT molecular complexity index is 1060. The highest BCUT2D eigenvalue weighted by Gasteiger charge is 2.33. The summed E-state index contributed by atoms with van der Waals surface area (Å²) >= 11 is 1.09. The van der Waals surface area contributed by atoms with Crippen LogP contribution in [0, 0.1) is 10.1 Å². The van der Waals surface area contributed by atoms with Gasteiger partial charge in [-0.3, -0.25) is 10.1 Å². The first-order valence-corrected chi connectivity index (χ1v) is 9.14. The number of aliphatic hydroxyl groups excluding tert-OH is 1. The molecule has 0 radical (unpaired) electrons. The monoisotopic (exact) mass is 412 g/mol. The number of benzene rings is 2. The van der Waals surface area contributed by atoms with Crippen molar-refractivity contribution in [1.82, 2.24) is 0 Å². The molecule has 2 aromatic rings. The van der Waals surface area contributed by atoms with E-state index in [1.807, 2.05) is 0 Å². The molecule has 29 heavy (non-hydrogen) atoms. The summed E-state index contributed by atoms with van der Waals surface area (Å²) in [5.74, 6) is -0.485. The van der Waals surface area contributed by atoms with E-state index in [4.69, 9.17) is 9.47 Å². The normalized spacial score (nSPS) is 16.3. The Morgan fingerprint density at radius 3 is 2.48 bits per heavy atom. The summed E-state index contributed by atoms with van der Waals surface area (Å²) in [6.07, 6.45) is 1.61. The highest BCUT2D eigenvalue weighted by atomic mass is 32.2. The molecule has 0 spiro atoms. The summed E-state index contributed by atoms with van der Waals surface area (Å²) in [5.41, 5.74) is 1.01. The SMILES string of the molecule is COC(=O)C1=C(O)C(=Cc2ccc([N+](=O)[O-])cc2)SC1=Nc1ccccc1OC. The first kappa shape index (κ1) is 20.2. The Labute approximate surface area is 170 Å². The predicted octanol–water partition coefficient (Wildman–Crippen LogP) is 4.41. The van der Waals surface area contributed by atoms with Crippen molar-refractivity contribution < 1.29 is 24.3 Å². The molecule has 0 aliphatic carbocycles. The number of aliphatic imine (C=N–C) groups is 1. The molecule has 3 rings (SSSR count). The van der Waals surface area contributed by atoms with E-state index < -0.39 is 10.9 Å². The van der Waals surface area contributed by atoms with E-state index in [-0.39, 0.29) is 22.1 Å². The number of nitro groups is 1. The van der Waals surface area contributed by atoms with Crippen LogP contribution < -0.4 is 4.74 Å². The average molecular weight is 412 g/mol. The molecule has 0 unspecified atom stereocenters. The van der Waals surface area contributed by atoms with Gasteiger partial charge in [0.05, 0.1) is 24.0 Å². The number of nitro benzene ring substituents is 1. The number of ether oxygens (including phenoxy) is 2. The van der Waals surface area contributed by atoms with E-state index in [9.17, 15) is 20.0 Å². The number of carbonyl (C=O) groups excluding carboxylic acids is 1. The minimum atomic E-state index is -0.726. The topological polar surface area (TPSA) is 111 Å². The first-order chi connectivity index (χ1) is 13.9. The number of methoxy groups -OCH3 is 2. The summed E-state index contributed by atoms with van der Waals surface area (Å²) in [4.78, 5) is 27.4. The van der Waals surface area contributed by atoms with Crippen molar-refractivity contribution in [3.8, 4) is 5.75 Å². The molecular weight excluding hydrogens is 396 g/mol. The number of non-ortho nitro benzene ring substituents is 1. The maximum atomic E-state index is 12.2. The zero-order valence-corrected chi connectivity index (χ0v) is 16.3. The van der Waals surface area contributed by atoms with Gasteiger partial charge in [0.2, 0.25) is 0 Å². The van der Waals surface area contributed by atoms with E-state index >= 15 is 0 Å². The second-order valence-corrected chi connectivity index (χ2v) is 6.79. The Morgan fingerprint density at radius 1 is 1.17 bits per heavy atom. The quantitative estimate of drug-likeness (QED) is 0.440. The Hall–Kier alpha value is -3.59. The molecule has 1 aliphatic heterocycles. The maximum absolute atomic E-state index is 12.2. The van der Waals surface area contributed by atoms with Crippen molar-refractivity contribution in [3.63, 3.8) is 0 Å². The molecule has 2 aromatic carbocycles. The number of rotatable bonds is 5. The van der Waals surface area contributed by atoms with Crippen LogP contribution in [0.15, 0.2) is 69.8 Å². The van der Waals surface area contributed by atoms with Gasteiger partial charge in [-0.15, -0.1) is 0 Å². The van der Waals surface area contributed by atoms with Gasteiger partial charge in [-0.05, 0) is 35.9 Å². The van der Waals surface area contributed by atoms with Crippen LogP contribution in [0.4, 0.5) is 11.4 Å². The fraction of sp³-hybridized carbons (Fsp3) is 0.100. The second-order valence-electron chi connectivity index (χ2n) is 5.76. The number of nitrogens with zero attached hydrogens (tertiary/aromatic N) is 2. The van der Waals surface area contributed by atoms with E-state index in [1.165, 1.54) is 26.4 Å². The van der Waals surface area contributed by atoms with Crippen molar-refractivity contribution >= 4 is 40.2 Å². The summed E-state index contributed by atoms with van der Waals surface area (Å²) in [5, 5.41) is 21.6. The highest BCUT2D eigenvalue weighted by molar-refractivity contribution is 8.18. The Balaban J connectivity index is 2.03. The molecule has 8 nitrogen and oxygen atoms in total. The van der Waals surface area contributed by atoms with Crippen LogP contribution in [0.25, 0.3) is 6.08 Å². The smallest absolute Gasteiger partial charge is 0.344 e. The Morgan fingerprint density at radius 2 is 1.86 bits per heavy atom. The van der Waals surface area contributed by atoms with E-state index in [2.05, 4.69) is 4.99 Å². The van der Waals surface area contributed by atoms with Crippen LogP contribution in [0.3, 0.4) is 0 Å². The van der Waals surface area contributed by atoms with Crippen molar-refractivity contribution in [2.45, 2.75) is 0 Å². The predicted molar refractivity (Wildman–Crippen MR) is 110 cm³/mol. The van der Waals surface area contributed by atoms with Gasteiger partial charge in [0.1, 0.15) is 27.8 Å². The third-order valence-electron chi connectivity index (χ3n) is 3.99. The van der Waals surface area contributed by atoms with Gasteiger partial charge >= 0.3 is 5.97 Å². The standard InChI is InChI=1S/C20H16N2O6S/c1-27-15-6-4-3-5-14(15)21-19-17(20(24)28-2)18(23)16(29-19)11-12-7-9-13(10-8-12)22(25)26/h3-11,23H,1-2H3. The summed E-state index contributed by atoms with van der Waals surface area (Å²) in [7, 11) is 2.72. The molecule has 0 bridgehead atoms. The molecule has 1 N–H and O–H groups in total. The van der Waals surface area contributed by atoms with Gasteiger partial charge in [-0.2, -0.15) is 0 Å². The number of para-hydroxylation sites is 2. The Kier molecular flexibility index (Phi) is 5.99. The van der Waals surface area contributed by atoms with Crippen LogP contribution in [-0.2, 0) is 9.53 Å². The van der Waals surface area contributed by atoms with Gasteiger partial charge in [0, 0.05) is 12.1 Å². The van der Waals surface area contributed by atoms with Crippen LogP contribution in [0.2, 0.25) is 0 Å². The van der Waals surface area contributed by atoms with Gasteiger partial charge in [0.25, 0.3) is 5.69 Å². The molecule has 0 amide bonds. The van der Waals surface area contributed by atoms with E-state index in [0.717, 1.165) is 11.8 Å². The van der Waals surface area contributed by atoms with Crippen LogP contribution in [0.1, 0.15) is 5.56 Å². The number of hydrogen-bond acceptors (Lipinski definition) is 8. The van der Waals surface area contributed by atoms with Crippen molar-refractivity contribution in [2.24, 2.45) is 4.99 Å². The molecule has 148 valence electrons. The molecule has 0 atom stereocenters. The number of carbonyl (C=O) groups is 1. The van der Waals surface area contributed by atoms with Crippen LogP contribution >= 0.6 is 11.8 Å². The molecule has 0 aromatic heterocycles. The summed E-state index contributed by atoms with van der Waals surface area (Å²) in [6, 6.07) is 12.8. The molecule has 0 saturated heterocycles. The molecule has 1 heterocycles. The lowest BCUT2D eigenvalue weighted by atomic mass is 10.1. The summed E-state index contributed by atoms with van der Waals surface area (Å²) < 4.78 is 10.1. The van der Waals surface area contributed by atoms with Gasteiger partial charge < -0.3 is 14.6 Å². The zero-order valence-electron chi connectivity index (χ0n) is 15.5. The van der Waals surface area contributed by atoms with E-state index in [0.29, 0.717) is 21.9 Å². The maximum Gasteiger partial charge on any atom is 0.344 e. The van der Waals surface area contributed by atoms with Crippen molar-refractivity contribution in [3.05, 3.63) is 80.4 Å². The number of hydrogen-bond donors (Lipinski definition) is 1. The lowest BCUT2D eigenvalue weighted by Crippen LogP contribution is -2.10. The summed E-state index contributed by atoms with van der Waals surface area (Å²) in [6.45, 7) is 0. The molecular formula is C20H16N2O6S. The van der Waals surface area contributed by atoms with Gasteiger partial charge in [0.15, 0.2) is 0 Å². The zero-order chi connectivity index (χ0) is 21.0. The number of esters is 1. The fourth-order valence-electron chi connectivity index (χ4n) is 2.57. The largest absolute Gasteiger partial charge is 0.506 e.